The Labute approximate surface area is 226 Å². The zero-order valence-corrected chi connectivity index (χ0v) is 21.3. The number of hydrogen-bond acceptors (Lipinski definition) is 0. The number of fused-ring (bicyclic) bond motifs is 9. The monoisotopic (exact) mass is 496 g/mol. The number of para-hydroxylation sites is 4. The van der Waals surface area contributed by atoms with E-state index in [-0.39, 0.29) is 0 Å². The van der Waals surface area contributed by atoms with E-state index >= 15 is 0 Å². The van der Waals surface area contributed by atoms with Crippen molar-refractivity contribution in [2.45, 2.75) is 6.42 Å². The summed E-state index contributed by atoms with van der Waals surface area (Å²) in [6.45, 7) is 0. The zero-order chi connectivity index (χ0) is 25.5. The van der Waals surface area contributed by atoms with Crippen LogP contribution in [0.25, 0.3) is 66.1 Å². The Hall–Kier alpha value is -5.08. The molecule has 0 amide bonds. The Morgan fingerprint density at radius 3 is 1.05 bits per heavy atom. The summed E-state index contributed by atoms with van der Waals surface area (Å²) in [6.07, 6.45) is 0.945. The highest BCUT2D eigenvalue weighted by molar-refractivity contribution is 6.10. The Kier molecular flexibility index (Phi) is 4.14. The van der Waals surface area contributed by atoms with Gasteiger partial charge in [0.2, 0.25) is 0 Å². The van der Waals surface area contributed by atoms with Crippen LogP contribution in [0, 0.1) is 0 Å². The summed E-state index contributed by atoms with van der Waals surface area (Å²) in [5.41, 5.74) is 12.9. The van der Waals surface area contributed by atoms with Crippen LogP contribution in [0.2, 0.25) is 0 Å². The van der Waals surface area contributed by atoms with E-state index in [1.807, 2.05) is 0 Å². The minimum absolute atomic E-state index is 0.945. The molecule has 0 bridgehead atoms. The fourth-order valence-corrected chi connectivity index (χ4v) is 6.86. The average Bonchev–Trinajstić information content (AvgIpc) is 3.64. The second-order valence-electron chi connectivity index (χ2n) is 10.6. The van der Waals surface area contributed by atoms with Crippen molar-refractivity contribution >= 4 is 43.6 Å². The SMILES string of the molecule is c1ccc2c(c1)c1ccccc1n2-c1ccc2c(c1)Cc1cc(-n3c4ccccc4c4ccccc43)ccc1-2. The first-order valence-corrected chi connectivity index (χ1v) is 13.6. The largest absolute Gasteiger partial charge is 0.309 e. The quantitative estimate of drug-likeness (QED) is 0.226. The van der Waals surface area contributed by atoms with Crippen LogP contribution in [-0.4, -0.2) is 9.13 Å². The molecule has 2 aromatic heterocycles. The number of aromatic nitrogens is 2. The second-order valence-corrected chi connectivity index (χ2v) is 10.6. The maximum absolute atomic E-state index is 2.41. The minimum atomic E-state index is 0.945. The molecule has 0 unspecified atom stereocenters. The van der Waals surface area contributed by atoms with Crippen molar-refractivity contribution in [3.63, 3.8) is 0 Å². The van der Waals surface area contributed by atoms with Gasteiger partial charge >= 0.3 is 0 Å². The first-order chi connectivity index (χ1) is 19.3. The van der Waals surface area contributed by atoms with E-state index < -0.39 is 0 Å². The van der Waals surface area contributed by atoms with E-state index in [0.717, 1.165) is 6.42 Å². The van der Waals surface area contributed by atoms with Gasteiger partial charge in [-0.2, -0.15) is 0 Å². The zero-order valence-electron chi connectivity index (χ0n) is 21.3. The Bertz CT molecular complexity index is 1990. The fraction of sp³-hybridized carbons (Fsp3) is 0.0270. The Morgan fingerprint density at radius 1 is 0.359 bits per heavy atom. The number of nitrogens with zero attached hydrogens (tertiary/aromatic N) is 2. The van der Waals surface area contributed by atoms with Crippen LogP contribution >= 0.6 is 0 Å². The number of rotatable bonds is 2. The average molecular weight is 497 g/mol. The van der Waals surface area contributed by atoms with Gasteiger partial charge in [0.1, 0.15) is 0 Å². The van der Waals surface area contributed by atoms with Crippen molar-refractivity contribution in [2.75, 3.05) is 0 Å². The van der Waals surface area contributed by atoms with Crippen LogP contribution in [0.1, 0.15) is 11.1 Å². The van der Waals surface area contributed by atoms with Crippen molar-refractivity contribution < 1.29 is 0 Å². The highest BCUT2D eigenvalue weighted by Gasteiger charge is 2.22. The molecular formula is C37H24N2. The van der Waals surface area contributed by atoms with Crippen molar-refractivity contribution in [3.8, 4) is 22.5 Å². The minimum Gasteiger partial charge on any atom is -0.309 e. The third-order valence-electron chi connectivity index (χ3n) is 8.53. The Balaban J connectivity index is 1.19. The standard InChI is InChI=1S/C37H24N2/c1-5-13-34-30(9-1)31-10-2-6-14-35(31)38(34)26-17-19-28-24(22-26)21-25-23-27(18-20-29(25)28)39-36-15-7-3-11-32(36)33-12-4-8-16-37(33)39/h1-20,22-23H,21H2. The van der Waals surface area contributed by atoms with Crippen LogP contribution in [0.4, 0.5) is 0 Å². The van der Waals surface area contributed by atoms with Gasteiger partial charge in [-0.1, -0.05) is 84.9 Å². The lowest BCUT2D eigenvalue weighted by Crippen LogP contribution is -1.95. The lowest BCUT2D eigenvalue weighted by atomic mass is 10.0. The molecule has 182 valence electrons. The van der Waals surface area contributed by atoms with Gasteiger partial charge in [-0.15, -0.1) is 0 Å². The summed E-state index contributed by atoms with van der Waals surface area (Å²) in [7, 11) is 0. The van der Waals surface area contributed by atoms with Crippen molar-refractivity contribution in [2.24, 2.45) is 0 Å². The van der Waals surface area contributed by atoms with E-state index in [1.165, 1.54) is 77.2 Å². The molecule has 1 aliphatic carbocycles. The van der Waals surface area contributed by atoms with Crippen LogP contribution in [0.3, 0.4) is 0 Å². The summed E-state index contributed by atoms with van der Waals surface area (Å²) in [6, 6.07) is 48.9. The lowest BCUT2D eigenvalue weighted by molar-refractivity contribution is 1.15. The molecule has 0 saturated heterocycles. The van der Waals surface area contributed by atoms with E-state index in [1.54, 1.807) is 0 Å². The topological polar surface area (TPSA) is 9.86 Å². The fourth-order valence-electron chi connectivity index (χ4n) is 6.86. The number of benzene rings is 6. The molecule has 9 rings (SSSR count). The summed E-state index contributed by atoms with van der Waals surface area (Å²) in [4.78, 5) is 0. The van der Waals surface area contributed by atoms with Gasteiger partial charge in [-0.3, -0.25) is 0 Å². The normalized spacial score (nSPS) is 12.5. The molecule has 39 heavy (non-hydrogen) atoms. The molecule has 0 atom stereocenters. The van der Waals surface area contributed by atoms with Crippen LogP contribution < -0.4 is 0 Å². The third kappa shape index (κ3) is 2.86. The molecule has 0 N–H and O–H groups in total. The van der Waals surface area contributed by atoms with Gasteiger partial charge in [0.15, 0.2) is 0 Å². The van der Waals surface area contributed by atoms with Crippen LogP contribution in [-0.2, 0) is 6.42 Å². The molecule has 8 aromatic rings. The predicted molar refractivity (Wildman–Crippen MR) is 163 cm³/mol. The van der Waals surface area contributed by atoms with E-state index in [0.29, 0.717) is 0 Å². The molecular weight excluding hydrogens is 472 g/mol. The molecule has 6 aromatic carbocycles. The molecule has 0 radical (unpaired) electrons. The summed E-state index contributed by atoms with van der Waals surface area (Å²) in [5, 5.41) is 5.20. The lowest BCUT2D eigenvalue weighted by Gasteiger charge is -2.11. The van der Waals surface area contributed by atoms with E-state index in [4.69, 9.17) is 0 Å². The Morgan fingerprint density at radius 2 is 0.692 bits per heavy atom. The van der Waals surface area contributed by atoms with Gasteiger partial charge in [-0.25, -0.2) is 0 Å². The van der Waals surface area contributed by atoms with Gasteiger partial charge in [0, 0.05) is 32.9 Å². The second kappa shape index (κ2) is 7.72. The van der Waals surface area contributed by atoms with Gasteiger partial charge in [0.25, 0.3) is 0 Å². The molecule has 0 saturated carbocycles. The van der Waals surface area contributed by atoms with Crippen molar-refractivity contribution in [1.29, 1.82) is 0 Å². The van der Waals surface area contributed by atoms with Crippen LogP contribution in [0.5, 0.6) is 0 Å². The van der Waals surface area contributed by atoms with Gasteiger partial charge in [0.05, 0.1) is 22.1 Å². The molecule has 1 aliphatic rings. The molecule has 0 aliphatic heterocycles. The highest BCUT2D eigenvalue weighted by atomic mass is 15.0. The molecule has 2 heteroatoms. The van der Waals surface area contributed by atoms with E-state index in [2.05, 4.69) is 143 Å². The predicted octanol–water partition coefficient (Wildman–Crippen LogP) is 9.45. The van der Waals surface area contributed by atoms with Gasteiger partial charge < -0.3 is 9.13 Å². The summed E-state index contributed by atoms with van der Waals surface area (Å²) in [5.74, 6) is 0. The summed E-state index contributed by atoms with van der Waals surface area (Å²) < 4.78 is 4.83. The van der Waals surface area contributed by atoms with Gasteiger partial charge in [-0.05, 0) is 77.2 Å². The molecule has 0 spiro atoms. The van der Waals surface area contributed by atoms with Crippen molar-refractivity contribution in [1.82, 2.24) is 9.13 Å². The highest BCUT2D eigenvalue weighted by Crippen LogP contribution is 2.41. The molecule has 2 nitrogen and oxygen atoms in total. The molecule has 0 fully saturated rings. The maximum Gasteiger partial charge on any atom is 0.0541 e. The number of hydrogen-bond donors (Lipinski definition) is 0. The smallest absolute Gasteiger partial charge is 0.0541 e. The van der Waals surface area contributed by atoms with Crippen molar-refractivity contribution in [3.05, 3.63) is 145 Å². The van der Waals surface area contributed by atoms with E-state index in [9.17, 15) is 0 Å². The molecule has 2 heterocycles. The summed E-state index contributed by atoms with van der Waals surface area (Å²) >= 11 is 0. The first-order valence-electron chi connectivity index (χ1n) is 13.6. The van der Waals surface area contributed by atoms with Crippen LogP contribution in [0.15, 0.2) is 133 Å². The maximum atomic E-state index is 2.41. The third-order valence-corrected chi connectivity index (χ3v) is 8.53. The first kappa shape index (κ1) is 20.9.